The van der Waals surface area contributed by atoms with E-state index in [1.165, 1.54) is 10.9 Å². The quantitative estimate of drug-likeness (QED) is 0.886. The summed E-state index contributed by atoms with van der Waals surface area (Å²) in [6, 6.07) is 8.39. The summed E-state index contributed by atoms with van der Waals surface area (Å²) in [5.74, 6) is 0. The number of ether oxygens (including phenoxy) is 1. The highest BCUT2D eigenvalue weighted by Gasteiger charge is 2.13. The molecule has 0 atom stereocenters. The lowest BCUT2D eigenvalue weighted by molar-refractivity contribution is 0.0715. The Bertz CT molecular complexity index is 581. The molecule has 0 bridgehead atoms. The number of fused-ring (bicyclic) bond motifs is 1. The molecule has 1 aromatic carbocycles. The molecule has 0 aliphatic rings. The molecular weight excluding hydrogens is 262 g/mol. The maximum atomic E-state index is 5.64. The van der Waals surface area contributed by atoms with Crippen molar-refractivity contribution in [1.82, 2.24) is 15.1 Å². The van der Waals surface area contributed by atoms with Gasteiger partial charge >= 0.3 is 0 Å². The highest BCUT2D eigenvalue weighted by molar-refractivity contribution is 5.81. The Kier molecular flexibility index (Phi) is 5.01. The average molecular weight is 289 g/mol. The van der Waals surface area contributed by atoms with Crippen LogP contribution in [0.3, 0.4) is 0 Å². The second kappa shape index (κ2) is 6.58. The molecule has 0 amide bonds. The van der Waals surface area contributed by atoms with Gasteiger partial charge < -0.3 is 10.1 Å². The molecule has 0 aliphatic carbocycles. The first-order valence-corrected chi connectivity index (χ1v) is 7.68. The van der Waals surface area contributed by atoms with Crippen LogP contribution in [-0.2, 0) is 17.8 Å². The van der Waals surface area contributed by atoms with E-state index in [2.05, 4.69) is 68.9 Å². The molecule has 4 heteroatoms. The third kappa shape index (κ3) is 4.55. The molecule has 1 aromatic heterocycles. The first-order chi connectivity index (χ1) is 9.87. The number of aromatic nitrogens is 2. The number of para-hydroxylation sites is 1. The Hall–Kier alpha value is -1.39. The first kappa shape index (κ1) is 16.0. The van der Waals surface area contributed by atoms with Crippen molar-refractivity contribution in [2.75, 3.05) is 6.61 Å². The lowest BCUT2D eigenvalue weighted by atomic mass is 10.1. The fourth-order valence-electron chi connectivity index (χ4n) is 2.22. The Morgan fingerprint density at radius 1 is 1.24 bits per heavy atom. The van der Waals surface area contributed by atoms with Gasteiger partial charge in [-0.15, -0.1) is 0 Å². The predicted octanol–water partition coefficient (Wildman–Crippen LogP) is 3.35. The van der Waals surface area contributed by atoms with Crippen molar-refractivity contribution in [2.45, 2.75) is 59.4 Å². The summed E-state index contributed by atoms with van der Waals surface area (Å²) >= 11 is 0. The summed E-state index contributed by atoms with van der Waals surface area (Å²) in [7, 11) is 0. The minimum atomic E-state index is 0.0889. The van der Waals surface area contributed by atoms with Gasteiger partial charge in [0, 0.05) is 17.5 Å². The number of benzene rings is 1. The van der Waals surface area contributed by atoms with Crippen LogP contribution >= 0.6 is 0 Å². The molecule has 0 radical (unpaired) electrons. The topological polar surface area (TPSA) is 39.1 Å². The van der Waals surface area contributed by atoms with E-state index in [0.29, 0.717) is 6.61 Å². The lowest BCUT2D eigenvalue weighted by Crippen LogP contribution is -2.35. The third-order valence-corrected chi connectivity index (χ3v) is 3.27. The molecule has 21 heavy (non-hydrogen) atoms. The number of rotatable bonds is 6. The maximum absolute atomic E-state index is 5.64. The second-order valence-corrected chi connectivity index (χ2v) is 6.71. The SMILES string of the molecule is CC(C)OCCn1nc(CNC(C)(C)C)c2ccccc21. The minimum absolute atomic E-state index is 0.0889. The van der Waals surface area contributed by atoms with Crippen molar-refractivity contribution in [2.24, 2.45) is 0 Å². The Morgan fingerprint density at radius 3 is 2.62 bits per heavy atom. The van der Waals surface area contributed by atoms with Gasteiger partial charge in [0.25, 0.3) is 0 Å². The van der Waals surface area contributed by atoms with E-state index in [-0.39, 0.29) is 11.6 Å². The van der Waals surface area contributed by atoms with Crippen molar-refractivity contribution in [3.05, 3.63) is 30.0 Å². The van der Waals surface area contributed by atoms with E-state index in [0.717, 1.165) is 18.8 Å². The lowest BCUT2D eigenvalue weighted by Gasteiger charge is -2.19. The van der Waals surface area contributed by atoms with Gasteiger partial charge in [-0.2, -0.15) is 5.10 Å². The van der Waals surface area contributed by atoms with Gasteiger partial charge in [0.05, 0.1) is 30.5 Å². The van der Waals surface area contributed by atoms with Gasteiger partial charge in [0.1, 0.15) is 0 Å². The summed E-state index contributed by atoms with van der Waals surface area (Å²) in [6.45, 7) is 12.9. The highest BCUT2D eigenvalue weighted by Crippen LogP contribution is 2.19. The van der Waals surface area contributed by atoms with Crippen LogP contribution in [0.25, 0.3) is 10.9 Å². The van der Waals surface area contributed by atoms with Crippen molar-refractivity contribution in [1.29, 1.82) is 0 Å². The van der Waals surface area contributed by atoms with Crippen LogP contribution in [0.1, 0.15) is 40.3 Å². The Balaban J connectivity index is 2.18. The van der Waals surface area contributed by atoms with Crippen LogP contribution < -0.4 is 5.32 Å². The van der Waals surface area contributed by atoms with Crippen LogP contribution in [0, 0.1) is 0 Å². The van der Waals surface area contributed by atoms with Gasteiger partial charge in [0.15, 0.2) is 0 Å². The number of nitrogens with one attached hydrogen (secondary N) is 1. The van der Waals surface area contributed by atoms with Crippen molar-refractivity contribution >= 4 is 10.9 Å². The van der Waals surface area contributed by atoms with Crippen molar-refractivity contribution in [3.8, 4) is 0 Å². The summed E-state index contributed by atoms with van der Waals surface area (Å²) < 4.78 is 7.69. The molecule has 0 saturated carbocycles. The molecule has 116 valence electrons. The van der Waals surface area contributed by atoms with Crippen molar-refractivity contribution in [3.63, 3.8) is 0 Å². The van der Waals surface area contributed by atoms with Gasteiger partial charge in [-0.25, -0.2) is 0 Å². The molecule has 4 nitrogen and oxygen atoms in total. The second-order valence-electron chi connectivity index (χ2n) is 6.71. The number of nitrogens with zero attached hydrogens (tertiary/aromatic N) is 2. The number of hydrogen-bond acceptors (Lipinski definition) is 3. The first-order valence-electron chi connectivity index (χ1n) is 7.68. The third-order valence-electron chi connectivity index (χ3n) is 3.27. The average Bonchev–Trinajstić information content (AvgIpc) is 2.74. The zero-order chi connectivity index (χ0) is 15.5. The predicted molar refractivity (Wildman–Crippen MR) is 87.4 cm³/mol. The molecular formula is C17H27N3O. The monoisotopic (exact) mass is 289 g/mol. The van der Waals surface area contributed by atoms with E-state index in [1.807, 2.05) is 0 Å². The van der Waals surface area contributed by atoms with E-state index >= 15 is 0 Å². The Morgan fingerprint density at radius 2 is 1.95 bits per heavy atom. The van der Waals surface area contributed by atoms with Gasteiger partial charge in [-0.05, 0) is 40.7 Å². The molecule has 0 aliphatic heterocycles. The smallest absolute Gasteiger partial charge is 0.0841 e. The molecule has 1 heterocycles. The molecule has 2 aromatic rings. The van der Waals surface area contributed by atoms with E-state index in [4.69, 9.17) is 9.84 Å². The summed E-state index contributed by atoms with van der Waals surface area (Å²) in [5, 5.41) is 9.50. The van der Waals surface area contributed by atoms with E-state index in [9.17, 15) is 0 Å². The minimum Gasteiger partial charge on any atom is -0.377 e. The summed E-state index contributed by atoms with van der Waals surface area (Å²) in [4.78, 5) is 0. The molecule has 0 spiro atoms. The van der Waals surface area contributed by atoms with Crippen LogP contribution in [0.15, 0.2) is 24.3 Å². The maximum Gasteiger partial charge on any atom is 0.0841 e. The molecule has 0 fully saturated rings. The van der Waals surface area contributed by atoms with Crippen molar-refractivity contribution < 1.29 is 4.74 Å². The van der Waals surface area contributed by atoms with Gasteiger partial charge in [0.2, 0.25) is 0 Å². The number of hydrogen-bond donors (Lipinski definition) is 1. The molecule has 2 rings (SSSR count). The van der Waals surface area contributed by atoms with Crippen LogP contribution in [-0.4, -0.2) is 28.0 Å². The largest absolute Gasteiger partial charge is 0.377 e. The molecule has 0 unspecified atom stereocenters. The standard InChI is InChI=1S/C17H27N3O/c1-13(2)21-11-10-20-16-9-7-6-8-14(16)15(19-20)12-18-17(3,4)5/h6-9,13,18H,10-12H2,1-5H3. The van der Waals surface area contributed by atoms with E-state index in [1.54, 1.807) is 0 Å². The highest BCUT2D eigenvalue weighted by atomic mass is 16.5. The Labute approximate surface area is 127 Å². The zero-order valence-corrected chi connectivity index (χ0v) is 13.8. The normalized spacial score (nSPS) is 12.5. The fraction of sp³-hybridized carbons (Fsp3) is 0.588. The zero-order valence-electron chi connectivity index (χ0n) is 13.8. The molecule has 1 N–H and O–H groups in total. The van der Waals surface area contributed by atoms with Crippen LogP contribution in [0.2, 0.25) is 0 Å². The summed E-state index contributed by atoms with van der Waals surface area (Å²) in [5.41, 5.74) is 2.37. The van der Waals surface area contributed by atoms with Gasteiger partial charge in [-0.1, -0.05) is 18.2 Å². The van der Waals surface area contributed by atoms with E-state index < -0.39 is 0 Å². The van der Waals surface area contributed by atoms with Crippen LogP contribution in [0.4, 0.5) is 0 Å². The fourth-order valence-corrected chi connectivity index (χ4v) is 2.22. The van der Waals surface area contributed by atoms with Crippen LogP contribution in [0.5, 0.6) is 0 Å². The van der Waals surface area contributed by atoms with Gasteiger partial charge in [-0.3, -0.25) is 4.68 Å². The molecule has 0 saturated heterocycles. The summed E-state index contributed by atoms with van der Waals surface area (Å²) in [6.07, 6.45) is 0.258.